The van der Waals surface area contributed by atoms with E-state index in [-0.39, 0.29) is 18.1 Å². The first-order valence-corrected chi connectivity index (χ1v) is 6.37. The lowest BCUT2D eigenvalue weighted by Gasteiger charge is -2.35. The normalized spacial score (nSPS) is 32.8. The van der Waals surface area contributed by atoms with Crippen molar-refractivity contribution >= 4 is 5.91 Å². The topological polar surface area (TPSA) is 52.6 Å². The summed E-state index contributed by atoms with van der Waals surface area (Å²) in [4.78, 5) is 14.1. The average molecular weight is 226 g/mol. The molecule has 0 radical (unpaired) electrons. The van der Waals surface area contributed by atoms with E-state index in [0.717, 1.165) is 25.8 Å². The third-order valence-electron chi connectivity index (χ3n) is 3.74. The Morgan fingerprint density at radius 2 is 2.00 bits per heavy atom. The molecule has 92 valence electrons. The molecule has 2 unspecified atom stereocenters. The Labute approximate surface area is 97.0 Å². The maximum atomic E-state index is 12.2. The number of aliphatic hydroxyl groups excluding tert-OH is 1. The highest BCUT2D eigenvalue weighted by Gasteiger charge is 2.30. The number of carbonyl (C=O) groups is 1. The fourth-order valence-corrected chi connectivity index (χ4v) is 2.60. The third-order valence-corrected chi connectivity index (χ3v) is 3.74. The summed E-state index contributed by atoms with van der Waals surface area (Å²) >= 11 is 0. The summed E-state index contributed by atoms with van der Waals surface area (Å²) < 4.78 is 0. The second-order valence-electron chi connectivity index (χ2n) is 5.19. The zero-order valence-electron chi connectivity index (χ0n) is 9.98. The van der Waals surface area contributed by atoms with Gasteiger partial charge in [-0.15, -0.1) is 0 Å². The highest BCUT2D eigenvalue weighted by Crippen LogP contribution is 2.18. The van der Waals surface area contributed by atoms with Gasteiger partial charge in [-0.25, -0.2) is 0 Å². The fraction of sp³-hybridized carbons (Fsp3) is 0.917. The van der Waals surface area contributed by atoms with Crippen molar-refractivity contribution < 1.29 is 9.90 Å². The Kier molecular flexibility index (Phi) is 3.82. The van der Waals surface area contributed by atoms with Gasteiger partial charge in [-0.3, -0.25) is 4.79 Å². The van der Waals surface area contributed by atoms with E-state index in [9.17, 15) is 9.90 Å². The molecule has 4 heteroatoms. The zero-order chi connectivity index (χ0) is 11.5. The van der Waals surface area contributed by atoms with Crippen LogP contribution in [0.2, 0.25) is 0 Å². The second-order valence-corrected chi connectivity index (χ2v) is 5.19. The predicted molar refractivity (Wildman–Crippen MR) is 62.0 cm³/mol. The molecule has 2 aliphatic rings. The van der Waals surface area contributed by atoms with Gasteiger partial charge in [0.1, 0.15) is 0 Å². The van der Waals surface area contributed by atoms with E-state index in [2.05, 4.69) is 12.2 Å². The molecule has 0 aromatic rings. The van der Waals surface area contributed by atoms with Crippen LogP contribution in [0.5, 0.6) is 0 Å². The number of rotatable bonds is 1. The van der Waals surface area contributed by atoms with Crippen LogP contribution >= 0.6 is 0 Å². The van der Waals surface area contributed by atoms with Crippen LogP contribution in [0, 0.1) is 5.92 Å². The van der Waals surface area contributed by atoms with Crippen molar-refractivity contribution in [1.82, 2.24) is 10.2 Å². The lowest BCUT2D eigenvalue weighted by molar-refractivity contribution is -0.136. The molecule has 16 heavy (non-hydrogen) atoms. The van der Waals surface area contributed by atoms with Crippen LogP contribution in [0.15, 0.2) is 0 Å². The number of nitrogens with zero attached hydrogens (tertiary/aromatic N) is 1. The SMILES string of the molecule is CC1CCNC(C(=O)N2CCC(O)CC2)C1. The molecule has 2 saturated heterocycles. The van der Waals surface area contributed by atoms with Crippen molar-refractivity contribution in [2.45, 2.75) is 44.8 Å². The van der Waals surface area contributed by atoms with Crippen LogP contribution in [-0.2, 0) is 4.79 Å². The van der Waals surface area contributed by atoms with Crippen molar-refractivity contribution in [2.24, 2.45) is 5.92 Å². The fourth-order valence-electron chi connectivity index (χ4n) is 2.60. The lowest BCUT2D eigenvalue weighted by Crippen LogP contribution is -2.52. The van der Waals surface area contributed by atoms with Crippen LogP contribution in [0.1, 0.15) is 32.6 Å². The van der Waals surface area contributed by atoms with Gasteiger partial charge >= 0.3 is 0 Å². The molecule has 0 aromatic carbocycles. The van der Waals surface area contributed by atoms with Gasteiger partial charge in [0.05, 0.1) is 12.1 Å². The summed E-state index contributed by atoms with van der Waals surface area (Å²) in [6.07, 6.45) is 3.38. The van der Waals surface area contributed by atoms with Gasteiger partial charge < -0.3 is 15.3 Å². The van der Waals surface area contributed by atoms with Crippen LogP contribution in [0.4, 0.5) is 0 Å². The van der Waals surface area contributed by atoms with Gasteiger partial charge in [-0.05, 0) is 38.1 Å². The first kappa shape index (κ1) is 11.9. The predicted octanol–water partition coefficient (Wildman–Crippen LogP) is 0.358. The molecule has 0 bridgehead atoms. The molecule has 2 fully saturated rings. The molecule has 1 amide bonds. The molecule has 4 nitrogen and oxygen atoms in total. The molecule has 2 aliphatic heterocycles. The standard InChI is InChI=1S/C12H22N2O2/c1-9-2-5-13-11(8-9)12(16)14-6-3-10(15)4-7-14/h9-11,13,15H,2-8H2,1H3. The smallest absolute Gasteiger partial charge is 0.239 e. The van der Waals surface area contributed by atoms with Gasteiger partial charge in [0, 0.05) is 13.1 Å². The number of amides is 1. The molecule has 2 N–H and O–H groups in total. The van der Waals surface area contributed by atoms with Crippen molar-refractivity contribution in [1.29, 1.82) is 0 Å². The van der Waals surface area contributed by atoms with Crippen LogP contribution < -0.4 is 5.32 Å². The van der Waals surface area contributed by atoms with E-state index >= 15 is 0 Å². The molecule has 0 aromatic heterocycles. The van der Waals surface area contributed by atoms with Crippen molar-refractivity contribution in [2.75, 3.05) is 19.6 Å². The minimum Gasteiger partial charge on any atom is -0.393 e. The summed E-state index contributed by atoms with van der Waals surface area (Å²) in [7, 11) is 0. The largest absolute Gasteiger partial charge is 0.393 e. The quantitative estimate of drug-likeness (QED) is 0.678. The maximum Gasteiger partial charge on any atom is 0.239 e. The third kappa shape index (κ3) is 2.74. The number of likely N-dealkylation sites (tertiary alicyclic amines) is 1. The van der Waals surface area contributed by atoms with Crippen molar-refractivity contribution in [3.05, 3.63) is 0 Å². The van der Waals surface area contributed by atoms with E-state index in [0.29, 0.717) is 19.0 Å². The van der Waals surface area contributed by atoms with E-state index in [1.165, 1.54) is 6.42 Å². The molecule has 2 atom stereocenters. The Hall–Kier alpha value is -0.610. The molecule has 2 rings (SSSR count). The summed E-state index contributed by atoms with van der Waals surface area (Å²) in [6.45, 7) is 4.59. The first-order chi connectivity index (χ1) is 7.66. The van der Waals surface area contributed by atoms with Gasteiger partial charge in [0.15, 0.2) is 0 Å². The summed E-state index contributed by atoms with van der Waals surface area (Å²) in [5, 5.41) is 12.7. The van der Waals surface area contributed by atoms with E-state index in [1.54, 1.807) is 0 Å². The number of hydrogen-bond acceptors (Lipinski definition) is 3. The number of hydrogen-bond donors (Lipinski definition) is 2. The Balaban J connectivity index is 1.86. The molecule has 0 aliphatic carbocycles. The monoisotopic (exact) mass is 226 g/mol. The van der Waals surface area contributed by atoms with Gasteiger partial charge in [0.25, 0.3) is 0 Å². The number of piperidine rings is 2. The summed E-state index contributed by atoms with van der Waals surface area (Å²) in [5.74, 6) is 0.879. The number of aliphatic hydroxyl groups is 1. The summed E-state index contributed by atoms with van der Waals surface area (Å²) in [6, 6.07) is 0.0130. The van der Waals surface area contributed by atoms with Gasteiger partial charge in [-0.2, -0.15) is 0 Å². The van der Waals surface area contributed by atoms with Crippen LogP contribution in [0.25, 0.3) is 0 Å². The zero-order valence-corrected chi connectivity index (χ0v) is 9.98. The van der Waals surface area contributed by atoms with Gasteiger partial charge in [-0.1, -0.05) is 6.92 Å². The minimum absolute atomic E-state index is 0.0130. The molecule has 0 saturated carbocycles. The highest BCUT2D eigenvalue weighted by atomic mass is 16.3. The molecule has 2 heterocycles. The minimum atomic E-state index is -0.206. The summed E-state index contributed by atoms with van der Waals surface area (Å²) in [5.41, 5.74) is 0. The molecular formula is C12H22N2O2. The van der Waals surface area contributed by atoms with Crippen molar-refractivity contribution in [3.63, 3.8) is 0 Å². The van der Waals surface area contributed by atoms with E-state index in [1.807, 2.05) is 4.90 Å². The maximum absolute atomic E-state index is 12.2. The average Bonchev–Trinajstić information content (AvgIpc) is 2.29. The molecular weight excluding hydrogens is 204 g/mol. The van der Waals surface area contributed by atoms with E-state index < -0.39 is 0 Å². The van der Waals surface area contributed by atoms with Crippen molar-refractivity contribution in [3.8, 4) is 0 Å². The van der Waals surface area contributed by atoms with Crippen LogP contribution in [-0.4, -0.2) is 47.7 Å². The van der Waals surface area contributed by atoms with Gasteiger partial charge in [0.2, 0.25) is 5.91 Å². The second kappa shape index (κ2) is 5.15. The first-order valence-electron chi connectivity index (χ1n) is 6.37. The Morgan fingerprint density at radius 3 is 2.62 bits per heavy atom. The lowest BCUT2D eigenvalue weighted by atomic mass is 9.93. The van der Waals surface area contributed by atoms with Crippen LogP contribution in [0.3, 0.4) is 0 Å². The Bertz CT molecular complexity index is 249. The highest BCUT2D eigenvalue weighted by molar-refractivity contribution is 5.82. The number of nitrogens with one attached hydrogen (secondary N) is 1. The number of carbonyl (C=O) groups excluding carboxylic acids is 1. The Morgan fingerprint density at radius 1 is 1.31 bits per heavy atom. The van der Waals surface area contributed by atoms with E-state index in [4.69, 9.17) is 0 Å². The molecule has 0 spiro atoms.